The van der Waals surface area contributed by atoms with Crippen LogP contribution in [-0.4, -0.2) is 44.8 Å². The van der Waals surface area contributed by atoms with Gasteiger partial charge in [-0.1, -0.05) is 17.3 Å². The third-order valence-electron chi connectivity index (χ3n) is 6.78. The summed E-state index contributed by atoms with van der Waals surface area (Å²) < 4.78 is 20.3. The number of aryl methyl sites for hydroxylation is 1. The van der Waals surface area contributed by atoms with Gasteiger partial charge in [0.2, 0.25) is 0 Å². The van der Waals surface area contributed by atoms with Crippen molar-refractivity contribution in [2.75, 3.05) is 18.0 Å². The van der Waals surface area contributed by atoms with E-state index in [2.05, 4.69) is 39.9 Å². The third-order valence-corrected chi connectivity index (χ3v) is 6.78. The predicted octanol–water partition coefficient (Wildman–Crippen LogP) is 3.62. The number of fused-ring (bicyclic) bond motifs is 1. The van der Waals surface area contributed by atoms with E-state index in [1.807, 2.05) is 6.07 Å². The average molecular weight is 473 g/mol. The van der Waals surface area contributed by atoms with Crippen LogP contribution in [0.3, 0.4) is 0 Å². The van der Waals surface area contributed by atoms with E-state index in [4.69, 9.17) is 4.52 Å². The molecular formula is C26H25FN6O2. The van der Waals surface area contributed by atoms with Crippen molar-refractivity contribution in [3.8, 4) is 6.07 Å². The maximum absolute atomic E-state index is 13.6. The topological polar surface area (TPSA) is 91.2 Å². The lowest BCUT2D eigenvalue weighted by atomic mass is 9.96. The minimum atomic E-state index is -0.291. The minimum absolute atomic E-state index is 0.0175. The highest BCUT2D eigenvalue weighted by atomic mass is 19.1. The van der Waals surface area contributed by atoms with Crippen LogP contribution in [0.5, 0.6) is 0 Å². The predicted molar refractivity (Wildman–Crippen MR) is 129 cm³/mol. The Hall–Kier alpha value is -4.03. The van der Waals surface area contributed by atoms with Crippen molar-refractivity contribution in [3.63, 3.8) is 0 Å². The number of anilines is 1. The van der Waals surface area contributed by atoms with Gasteiger partial charge in [0.1, 0.15) is 35.1 Å². The monoisotopic (exact) mass is 472 g/mol. The molecule has 0 bridgehead atoms. The van der Waals surface area contributed by atoms with Crippen LogP contribution >= 0.6 is 0 Å². The Morgan fingerprint density at radius 2 is 1.89 bits per heavy atom. The third kappa shape index (κ3) is 4.06. The Morgan fingerprint density at radius 1 is 1.11 bits per heavy atom. The number of hydrogen-bond donors (Lipinski definition) is 0. The maximum atomic E-state index is 13.6. The first kappa shape index (κ1) is 22.7. The Morgan fingerprint density at radius 3 is 2.57 bits per heavy atom. The van der Waals surface area contributed by atoms with Crippen LogP contribution in [0.25, 0.3) is 11.0 Å². The molecule has 1 fully saturated rings. The molecule has 4 heterocycles. The number of rotatable bonds is 4. The first-order valence-corrected chi connectivity index (χ1v) is 11.5. The summed E-state index contributed by atoms with van der Waals surface area (Å²) in [5, 5.41) is 13.6. The first-order chi connectivity index (χ1) is 16.9. The lowest BCUT2D eigenvalue weighted by molar-refractivity contribution is 0.125. The summed E-state index contributed by atoms with van der Waals surface area (Å²) in [5.41, 5.74) is 3.88. The van der Waals surface area contributed by atoms with Gasteiger partial charge in [-0.3, -0.25) is 9.69 Å². The normalized spacial score (nSPS) is 19.6. The molecule has 0 N–H and O–H groups in total. The zero-order chi connectivity index (χ0) is 24.7. The summed E-state index contributed by atoms with van der Waals surface area (Å²) in [6.07, 6.45) is 1.54. The number of hydrogen-bond acceptors (Lipinski definition) is 7. The molecule has 0 amide bonds. The molecule has 3 aromatic heterocycles. The second-order valence-electron chi connectivity index (χ2n) is 9.03. The molecule has 4 aromatic rings. The molecule has 0 saturated carbocycles. The van der Waals surface area contributed by atoms with Crippen molar-refractivity contribution in [1.29, 1.82) is 5.26 Å². The summed E-state index contributed by atoms with van der Waals surface area (Å²) in [6.45, 7) is 5.50. The van der Waals surface area contributed by atoms with Gasteiger partial charge in [0.25, 0.3) is 5.56 Å². The molecule has 0 spiro atoms. The van der Waals surface area contributed by atoms with E-state index >= 15 is 0 Å². The fraction of sp³-hybridized carbons (Fsp3) is 0.308. The number of halogens is 1. The van der Waals surface area contributed by atoms with E-state index < -0.39 is 0 Å². The molecular weight excluding hydrogens is 447 g/mol. The number of benzene rings is 1. The fourth-order valence-electron chi connectivity index (χ4n) is 4.98. The SMILES string of the molecule is C[C@@H]1CN(c2cc(=O)n(C)c3ccc(C#N)nc23)[C@@H](C)CN1C(c1ccc(F)cc1)c1ccon1. The quantitative estimate of drug-likeness (QED) is 0.448. The number of piperazine rings is 1. The summed E-state index contributed by atoms with van der Waals surface area (Å²) in [4.78, 5) is 21.8. The van der Waals surface area contributed by atoms with E-state index in [0.29, 0.717) is 29.8 Å². The molecule has 0 radical (unpaired) electrons. The average Bonchev–Trinajstić information content (AvgIpc) is 3.39. The number of aromatic nitrogens is 3. The zero-order valence-electron chi connectivity index (χ0n) is 19.7. The maximum Gasteiger partial charge on any atom is 0.252 e. The molecule has 35 heavy (non-hydrogen) atoms. The second kappa shape index (κ2) is 8.96. The molecule has 0 aliphatic carbocycles. The Labute approximate surface area is 201 Å². The summed E-state index contributed by atoms with van der Waals surface area (Å²) in [7, 11) is 1.71. The highest BCUT2D eigenvalue weighted by Gasteiger charge is 2.37. The van der Waals surface area contributed by atoms with Crippen LogP contribution in [0.4, 0.5) is 10.1 Å². The van der Waals surface area contributed by atoms with Crippen molar-refractivity contribution < 1.29 is 8.91 Å². The van der Waals surface area contributed by atoms with Crippen LogP contribution in [0.1, 0.15) is 36.8 Å². The molecule has 1 unspecified atom stereocenters. The zero-order valence-corrected chi connectivity index (χ0v) is 19.7. The van der Waals surface area contributed by atoms with Crippen molar-refractivity contribution in [2.24, 2.45) is 7.05 Å². The Kier molecular flexibility index (Phi) is 5.83. The number of pyridine rings is 2. The molecule has 1 aromatic carbocycles. The molecule has 5 rings (SSSR count). The number of nitriles is 1. The minimum Gasteiger partial charge on any atom is -0.364 e. The van der Waals surface area contributed by atoms with Crippen molar-refractivity contribution in [1.82, 2.24) is 19.6 Å². The van der Waals surface area contributed by atoms with E-state index in [9.17, 15) is 14.4 Å². The fourth-order valence-corrected chi connectivity index (χ4v) is 4.98. The van der Waals surface area contributed by atoms with E-state index in [0.717, 1.165) is 16.9 Å². The number of nitrogens with zero attached hydrogens (tertiary/aromatic N) is 6. The van der Waals surface area contributed by atoms with Gasteiger partial charge in [0, 0.05) is 44.4 Å². The lowest BCUT2D eigenvalue weighted by Gasteiger charge is -2.48. The summed E-state index contributed by atoms with van der Waals surface area (Å²) in [6, 6.07) is 15.3. The molecule has 178 valence electrons. The van der Waals surface area contributed by atoms with E-state index in [-0.39, 0.29) is 29.5 Å². The molecule has 8 nitrogen and oxygen atoms in total. The summed E-state index contributed by atoms with van der Waals surface area (Å²) >= 11 is 0. The van der Waals surface area contributed by atoms with Crippen LogP contribution < -0.4 is 10.5 Å². The van der Waals surface area contributed by atoms with E-state index in [1.54, 1.807) is 48.2 Å². The van der Waals surface area contributed by atoms with Gasteiger partial charge in [-0.15, -0.1) is 0 Å². The van der Waals surface area contributed by atoms with Crippen LogP contribution in [0.15, 0.2) is 64.1 Å². The second-order valence-corrected chi connectivity index (χ2v) is 9.03. The standard InChI is InChI=1S/C26H25FN6O2/c1-16-15-33(26(21-10-11-35-30-21)18-4-6-19(27)7-5-18)17(2)14-32(16)23-12-24(34)31(3)22-9-8-20(13-28)29-25(22)23/h4-12,16-17,26H,14-15H2,1-3H3/t16-,17+,26?/m0/s1. The smallest absolute Gasteiger partial charge is 0.252 e. The highest BCUT2D eigenvalue weighted by molar-refractivity contribution is 5.89. The Balaban J connectivity index is 1.54. The van der Waals surface area contributed by atoms with Crippen molar-refractivity contribution >= 4 is 16.7 Å². The van der Waals surface area contributed by atoms with Crippen molar-refractivity contribution in [2.45, 2.75) is 32.0 Å². The van der Waals surface area contributed by atoms with Gasteiger partial charge in [-0.05, 0) is 43.7 Å². The van der Waals surface area contributed by atoms with Gasteiger partial charge >= 0.3 is 0 Å². The Bertz CT molecular complexity index is 1460. The van der Waals surface area contributed by atoms with Gasteiger partial charge in [-0.2, -0.15) is 5.26 Å². The highest BCUT2D eigenvalue weighted by Crippen LogP contribution is 2.35. The molecule has 1 aliphatic rings. The van der Waals surface area contributed by atoms with Gasteiger partial charge in [-0.25, -0.2) is 9.37 Å². The van der Waals surface area contributed by atoms with Crippen LogP contribution in [0, 0.1) is 17.1 Å². The van der Waals surface area contributed by atoms with E-state index in [1.165, 1.54) is 12.1 Å². The summed E-state index contributed by atoms with van der Waals surface area (Å²) in [5.74, 6) is -0.291. The van der Waals surface area contributed by atoms with Crippen molar-refractivity contribution in [3.05, 3.63) is 87.9 Å². The van der Waals surface area contributed by atoms with Gasteiger partial charge in [0.15, 0.2) is 0 Å². The van der Waals surface area contributed by atoms with Crippen LogP contribution in [0.2, 0.25) is 0 Å². The van der Waals surface area contributed by atoms with Crippen LogP contribution in [-0.2, 0) is 7.05 Å². The van der Waals surface area contributed by atoms with Gasteiger partial charge in [0.05, 0.1) is 17.2 Å². The lowest BCUT2D eigenvalue weighted by Crippen LogP contribution is -2.57. The van der Waals surface area contributed by atoms with Gasteiger partial charge < -0.3 is 14.0 Å². The largest absolute Gasteiger partial charge is 0.364 e. The first-order valence-electron chi connectivity index (χ1n) is 11.5. The molecule has 1 saturated heterocycles. The molecule has 1 aliphatic heterocycles. The molecule has 9 heteroatoms. The molecule has 3 atom stereocenters.